The van der Waals surface area contributed by atoms with Crippen LogP contribution in [0.15, 0.2) is 28.0 Å². The highest BCUT2D eigenvalue weighted by atomic mass is 32.2. The van der Waals surface area contributed by atoms with Gasteiger partial charge in [0, 0.05) is 31.7 Å². The average molecular weight is 444 g/mol. The van der Waals surface area contributed by atoms with E-state index in [9.17, 15) is 34.8 Å². The van der Waals surface area contributed by atoms with Crippen molar-refractivity contribution in [2.24, 2.45) is 0 Å². The maximum atomic E-state index is 12.9. The Kier molecular flexibility index (Phi) is 7.79. The van der Waals surface area contributed by atoms with Crippen LogP contribution in [0.4, 0.5) is 13.2 Å². The van der Waals surface area contributed by atoms with Gasteiger partial charge in [-0.2, -0.15) is 21.8 Å². The zero-order chi connectivity index (χ0) is 21.9. The number of sulfonamides is 2. The molecule has 1 aromatic rings. The Morgan fingerprint density at radius 1 is 0.821 bits per heavy atom. The molecule has 28 heavy (non-hydrogen) atoms. The number of carbonyl (C=O) groups is 1. The van der Waals surface area contributed by atoms with Crippen molar-refractivity contribution >= 4 is 25.8 Å². The zero-order valence-corrected chi connectivity index (χ0v) is 17.6. The van der Waals surface area contributed by atoms with Gasteiger partial charge in [-0.3, -0.25) is 4.79 Å². The van der Waals surface area contributed by atoms with Crippen LogP contribution in [0.2, 0.25) is 0 Å². The van der Waals surface area contributed by atoms with Gasteiger partial charge < -0.3 is 0 Å². The molecule has 0 spiro atoms. The van der Waals surface area contributed by atoms with Crippen LogP contribution in [0.1, 0.15) is 38.1 Å². The minimum atomic E-state index is -5.23. The normalized spacial score (nSPS) is 13.3. The first-order valence-corrected chi connectivity index (χ1v) is 11.4. The molecule has 1 aromatic carbocycles. The number of halogens is 3. The Bertz CT molecular complexity index is 920. The molecule has 12 heteroatoms. The molecular formula is C16H23F3N2O5S2. The summed E-state index contributed by atoms with van der Waals surface area (Å²) in [6.45, 7) is 6.11. The van der Waals surface area contributed by atoms with Gasteiger partial charge in [-0.25, -0.2) is 16.8 Å². The molecule has 0 radical (unpaired) electrons. The largest absolute Gasteiger partial charge is 0.454 e. The van der Waals surface area contributed by atoms with Crippen molar-refractivity contribution in [2.75, 3.05) is 26.2 Å². The zero-order valence-electron chi connectivity index (χ0n) is 15.9. The Morgan fingerprint density at radius 2 is 1.21 bits per heavy atom. The summed E-state index contributed by atoms with van der Waals surface area (Å²) in [6, 6.07) is 1.90. The van der Waals surface area contributed by atoms with Gasteiger partial charge in [-0.05, 0) is 18.2 Å². The predicted molar refractivity (Wildman–Crippen MR) is 97.0 cm³/mol. The topological polar surface area (TPSA) is 91.8 Å². The van der Waals surface area contributed by atoms with Gasteiger partial charge in [0.05, 0.1) is 0 Å². The molecular weight excluding hydrogens is 421 g/mol. The number of carbonyl (C=O) groups excluding carboxylic acids is 1. The van der Waals surface area contributed by atoms with Gasteiger partial charge in [0.2, 0.25) is 20.0 Å². The van der Waals surface area contributed by atoms with Crippen molar-refractivity contribution in [3.8, 4) is 0 Å². The summed E-state index contributed by atoms with van der Waals surface area (Å²) in [5.41, 5.74) is -0.947. The minimum absolute atomic E-state index is 0.0268. The summed E-state index contributed by atoms with van der Waals surface area (Å²) < 4.78 is 91.9. The van der Waals surface area contributed by atoms with Crippen LogP contribution >= 0.6 is 0 Å². The van der Waals surface area contributed by atoms with Crippen LogP contribution < -0.4 is 0 Å². The van der Waals surface area contributed by atoms with Crippen LogP contribution in [-0.4, -0.2) is 63.6 Å². The van der Waals surface area contributed by atoms with Crippen molar-refractivity contribution in [1.82, 2.24) is 8.61 Å². The van der Waals surface area contributed by atoms with E-state index in [1.54, 1.807) is 13.8 Å². The van der Waals surface area contributed by atoms with Crippen molar-refractivity contribution in [2.45, 2.75) is 43.7 Å². The van der Waals surface area contributed by atoms with Crippen LogP contribution in [0.25, 0.3) is 0 Å². The van der Waals surface area contributed by atoms with E-state index in [1.165, 1.54) is 13.8 Å². The Morgan fingerprint density at radius 3 is 1.57 bits per heavy atom. The number of benzene rings is 1. The molecule has 7 nitrogen and oxygen atoms in total. The van der Waals surface area contributed by atoms with Crippen LogP contribution in [0.5, 0.6) is 0 Å². The molecule has 0 aliphatic carbocycles. The monoisotopic (exact) mass is 444 g/mol. The lowest BCUT2D eigenvalue weighted by atomic mass is 10.1. The number of hydrogen-bond donors (Lipinski definition) is 0. The lowest BCUT2D eigenvalue weighted by molar-refractivity contribution is -0.0885. The molecule has 0 aromatic heterocycles. The van der Waals surface area contributed by atoms with E-state index >= 15 is 0 Å². The minimum Gasteiger partial charge on any atom is -0.284 e. The molecule has 0 atom stereocenters. The van der Waals surface area contributed by atoms with E-state index in [1.807, 2.05) is 0 Å². The van der Waals surface area contributed by atoms with Gasteiger partial charge in [0.15, 0.2) is 0 Å². The van der Waals surface area contributed by atoms with E-state index in [2.05, 4.69) is 0 Å². The molecule has 0 bridgehead atoms. The van der Waals surface area contributed by atoms with Crippen LogP contribution in [0, 0.1) is 0 Å². The van der Waals surface area contributed by atoms with E-state index in [-0.39, 0.29) is 26.2 Å². The molecule has 160 valence electrons. The Hall–Kier alpha value is -1.50. The van der Waals surface area contributed by atoms with E-state index in [0.717, 1.165) is 14.7 Å². The molecule has 0 unspecified atom stereocenters. The molecule has 1 rings (SSSR count). The first-order valence-electron chi connectivity index (χ1n) is 8.54. The first-order chi connectivity index (χ1) is 12.8. The summed E-state index contributed by atoms with van der Waals surface area (Å²) in [4.78, 5) is 10.1. The van der Waals surface area contributed by atoms with Gasteiger partial charge in [0.25, 0.3) is 5.78 Å². The van der Waals surface area contributed by atoms with Gasteiger partial charge in [0.1, 0.15) is 9.79 Å². The molecule has 0 fully saturated rings. The van der Waals surface area contributed by atoms with Gasteiger partial charge >= 0.3 is 6.18 Å². The number of hydrogen-bond acceptors (Lipinski definition) is 5. The van der Waals surface area contributed by atoms with Crippen molar-refractivity contribution in [3.63, 3.8) is 0 Å². The summed E-state index contributed by atoms with van der Waals surface area (Å²) in [5, 5.41) is 0. The van der Waals surface area contributed by atoms with Crippen molar-refractivity contribution in [3.05, 3.63) is 23.8 Å². The van der Waals surface area contributed by atoms with Crippen LogP contribution in [-0.2, 0) is 20.0 Å². The standard InChI is InChI=1S/C16H23F3N2O5S2/c1-5-20(6-2)27(23,24)13-10-9-12(15(22)16(17,18)19)11-14(13)28(25,26)21(7-3)8-4/h9-11H,5-8H2,1-4H3. The quantitative estimate of drug-likeness (QED) is 0.546. The second-order valence-electron chi connectivity index (χ2n) is 5.67. The third kappa shape index (κ3) is 4.73. The average Bonchev–Trinajstić information content (AvgIpc) is 2.61. The van der Waals surface area contributed by atoms with Crippen molar-refractivity contribution < 1.29 is 34.8 Å². The third-order valence-corrected chi connectivity index (χ3v) is 8.44. The second-order valence-corrected chi connectivity index (χ2v) is 9.48. The maximum absolute atomic E-state index is 12.9. The maximum Gasteiger partial charge on any atom is 0.454 e. The smallest absolute Gasteiger partial charge is 0.284 e. The number of nitrogens with zero attached hydrogens (tertiary/aromatic N) is 2. The summed E-state index contributed by atoms with van der Waals surface area (Å²) in [7, 11) is -8.77. The molecule has 0 N–H and O–H groups in total. The van der Waals surface area contributed by atoms with E-state index in [0.29, 0.717) is 12.1 Å². The predicted octanol–water partition coefficient (Wildman–Crippen LogP) is 2.49. The third-order valence-electron chi connectivity index (χ3n) is 4.11. The van der Waals surface area contributed by atoms with E-state index in [4.69, 9.17) is 0 Å². The lowest BCUT2D eigenvalue weighted by Gasteiger charge is -2.24. The van der Waals surface area contributed by atoms with Gasteiger partial charge in [-0.1, -0.05) is 27.7 Å². The van der Waals surface area contributed by atoms with E-state index < -0.39 is 47.4 Å². The molecule has 0 saturated carbocycles. The highest BCUT2D eigenvalue weighted by Gasteiger charge is 2.41. The highest BCUT2D eigenvalue weighted by molar-refractivity contribution is 7.92. The second kappa shape index (κ2) is 8.89. The Labute approximate surface area is 163 Å². The fourth-order valence-electron chi connectivity index (χ4n) is 2.63. The molecule has 0 aliphatic heterocycles. The van der Waals surface area contributed by atoms with Crippen molar-refractivity contribution in [1.29, 1.82) is 0 Å². The fraction of sp³-hybridized carbons (Fsp3) is 0.562. The number of Topliss-reactive ketones (excluding diaryl/α,β-unsaturated/α-hetero) is 1. The number of alkyl halides is 3. The van der Waals surface area contributed by atoms with Crippen LogP contribution in [0.3, 0.4) is 0 Å². The van der Waals surface area contributed by atoms with Gasteiger partial charge in [-0.15, -0.1) is 0 Å². The SMILES string of the molecule is CCN(CC)S(=O)(=O)c1ccc(C(=O)C(F)(F)F)cc1S(=O)(=O)N(CC)CC. The number of ketones is 1. The molecule has 0 saturated heterocycles. The summed E-state index contributed by atoms with van der Waals surface area (Å²) in [5.74, 6) is -2.25. The fourth-order valence-corrected chi connectivity index (χ4v) is 6.33. The Balaban J connectivity index is 3.87. The highest BCUT2D eigenvalue weighted by Crippen LogP contribution is 2.30. The lowest BCUT2D eigenvalue weighted by Crippen LogP contribution is -2.35. The first kappa shape index (κ1) is 24.5. The summed E-state index contributed by atoms with van der Waals surface area (Å²) in [6.07, 6.45) is -5.23. The molecule has 0 amide bonds. The summed E-state index contributed by atoms with van der Waals surface area (Å²) >= 11 is 0. The molecule has 0 aliphatic rings. The molecule has 0 heterocycles. The number of rotatable bonds is 9.